The summed E-state index contributed by atoms with van der Waals surface area (Å²) < 4.78 is 22.0. The lowest BCUT2D eigenvalue weighted by atomic mass is 10.0. The van der Waals surface area contributed by atoms with Crippen LogP contribution in [0.1, 0.15) is 25.2 Å². The van der Waals surface area contributed by atoms with Crippen molar-refractivity contribution in [1.82, 2.24) is 9.97 Å². The number of sulfonamides is 1. The maximum Gasteiger partial charge on any atom is 0.210 e. The van der Waals surface area contributed by atoms with Crippen LogP contribution in [0.25, 0.3) is 10.2 Å². The van der Waals surface area contributed by atoms with E-state index in [9.17, 15) is 8.42 Å². The van der Waals surface area contributed by atoms with Crippen molar-refractivity contribution in [2.24, 2.45) is 11.1 Å². The molecule has 6 nitrogen and oxygen atoms in total. The molecular weight excluding hydrogens is 308 g/mol. The number of anilines is 1. The molecule has 0 saturated heterocycles. The Labute approximate surface area is 128 Å². The minimum Gasteiger partial charge on any atom is -0.368 e. The van der Waals surface area contributed by atoms with Crippen molar-refractivity contribution in [2.75, 3.05) is 17.6 Å². The number of rotatable bonds is 6. The van der Waals surface area contributed by atoms with Crippen molar-refractivity contribution in [3.63, 3.8) is 0 Å². The molecular formula is C13H20N4O2S2. The van der Waals surface area contributed by atoms with E-state index in [2.05, 4.69) is 34.5 Å². The van der Waals surface area contributed by atoms with Crippen molar-refractivity contribution in [3.05, 3.63) is 16.8 Å². The van der Waals surface area contributed by atoms with Crippen molar-refractivity contribution < 1.29 is 8.42 Å². The largest absolute Gasteiger partial charge is 0.368 e. The summed E-state index contributed by atoms with van der Waals surface area (Å²) in [5.74, 6) is 1.76. The average molecular weight is 328 g/mol. The molecule has 0 aliphatic heterocycles. The molecule has 0 saturated carbocycles. The van der Waals surface area contributed by atoms with E-state index in [1.165, 1.54) is 5.56 Å². The van der Waals surface area contributed by atoms with Crippen LogP contribution < -0.4 is 10.5 Å². The number of thiophene rings is 1. The SMILES string of the molecule is Cc1nc(NCCS(N)(=O)=O)c2c(CC(C)C)csc2n1. The Bertz CT molecular complexity index is 738. The van der Waals surface area contributed by atoms with Crippen LogP contribution in [0.5, 0.6) is 0 Å². The highest BCUT2D eigenvalue weighted by Gasteiger charge is 2.14. The molecule has 3 N–H and O–H groups in total. The van der Waals surface area contributed by atoms with E-state index in [-0.39, 0.29) is 12.3 Å². The number of fused-ring (bicyclic) bond motifs is 1. The van der Waals surface area contributed by atoms with Crippen LogP contribution in [-0.4, -0.2) is 30.7 Å². The first-order chi connectivity index (χ1) is 9.76. The second-order valence-corrected chi connectivity index (χ2v) is 8.04. The number of primary sulfonamides is 1. The normalized spacial score (nSPS) is 12.2. The molecule has 0 amide bonds. The minimum absolute atomic E-state index is 0.124. The lowest BCUT2D eigenvalue weighted by molar-refractivity contribution is 0.598. The van der Waals surface area contributed by atoms with Gasteiger partial charge in [-0.15, -0.1) is 11.3 Å². The third-order valence-corrected chi connectivity index (χ3v) is 4.62. The third-order valence-electron chi connectivity index (χ3n) is 2.93. The van der Waals surface area contributed by atoms with Gasteiger partial charge in [-0.25, -0.2) is 23.5 Å². The van der Waals surface area contributed by atoms with Gasteiger partial charge in [-0.3, -0.25) is 0 Å². The van der Waals surface area contributed by atoms with Crippen LogP contribution >= 0.6 is 11.3 Å². The Hall–Kier alpha value is -1.25. The van der Waals surface area contributed by atoms with Crippen LogP contribution in [0, 0.1) is 12.8 Å². The maximum absolute atomic E-state index is 11.0. The standard InChI is InChI=1S/C13H20N4O2S2/c1-8(2)6-10-7-20-13-11(10)12(16-9(3)17-13)15-4-5-21(14,18)19/h7-8H,4-6H2,1-3H3,(H2,14,18,19)(H,15,16,17). The Morgan fingerprint density at radius 1 is 1.38 bits per heavy atom. The molecule has 2 rings (SSSR count). The summed E-state index contributed by atoms with van der Waals surface area (Å²) in [6.45, 7) is 6.38. The highest BCUT2D eigenvalue weighted by atomic mass is 32.2. The molecule has 0 aliphatic carbocycles. The van der Waals surface area contributed by atoms with E-state index in [1.54, 1.807) is 11.3 Å². The second kappa shape index (κ2) is 6.25. The van der Waals surface area contributed by atoms with Gasteiger partial charge < -0.3 is 5.32 Å². The number of aromatic nitrogens is 2. The van der Waals surface area contributed by atoms with E-state index in [0.29, 0.717) is 17.6 Å². The molecule has 0 unspecified atom stereocenters. The first-order valence-electron chi connectivity index (χ1n) is 6.75. The van der Waals surface area contributed by atoms with Crippen LogP contribution in [-0.2, 0) is 16.4 Å². The number of hydrogen-bond acceptors (Lipinski definition) is 6. The molecule has 0 bridgehead atoms. The summed E-state index contributed by atoms with van der Waals surface area (Å²) >= 11 is 1.59. The number of hydrogen-bond donors (Lipinski definition) is 2. The molecule has 21 heavy (non-hydrogen) atoms. The fourth-order valence-corrected chi connectivity index (χ4v) is 3.52. The van der Waals surface area contributed by atoms with Gasteiger partial charge in [0, 0.05) is 6.54 Å². The van der Waals surface area contributed by atoms with Gasteiger partial charge in [-0.1, -0.05) is 13.8 Å². The predicted molar refractivity (Wildman–Crippen MR) is 87.2 cm³/mol. The molecule has 0 spiro atoms. The van der Waals surface area contributed by atoms with Crippen molar-refractivity contribution >= 4 is 37.4 Å². The van der Waals surface area contributed by atoms with Crippen molar-refractivity contribution in [3.8, 4) is 0 Å². The highest BCUT2D eigenvalue weighted by molar-refractivity contribution is 7.89. The fourth-order valence-electron chi connectivity index (χ4n) is 2.14. The summed E-state index contributed by atoms with van der Waals surface area (Å²) in [4.78, 5) is 9.78. The Balaban J connectivity index is 2.33. The van der Waals surface area contributed by atoms with Crippen molar-refractivity contribution in [1.29, 1.82) is 0 Å². The first kappa shape index (κ1) is 16.1. The maximum atomic E-state index is 11.0. The van der Waals surface area contributed by atoms with Gasteiger partial charge in [-0.05, 0) is 30.2 Å². The molecule has 116 valence electrons. The molecule has 0 radical (unpaired) electrons. The molecule has 0 fully saturated rings. The van der Waals surface area contributed by atoms with E-state index in [1.807, 2.05) is 6.92 Å². The van der Waals surface area contributed by atoms with Gasteiger partial charge in [0.05, 0.1) is 11.1 Å². The number of nitrogens with two attached hydrogens (primary N) is 1. The minimum atomic E-state index is -3.48. The van der Waals surface area contributed by atoms with Gasteiger partial charge in [0.2, 0.25) is 10.0 Å². The Kier molecular flexibility index (Phi) is 4.80. The zero-order valence-electron chi connectivity index (χ0n) is 12.4. The zero-order valence-corrected chi connectivity index (χ0v) is 14.0. The molecule has 0 aromatic carbocycles. The zero-order chi connectivity index (χ0) is 15.6. The summed E-state index contributed by atoms with van der Waals surface area (Å²) in [6.07, 6.45) is 0.941. The molecule has 0 atom stereocenters. The van der Waals surface area contributed by atoms with Gasteiger partial charge in [0.15, 0.2) is 0 Å². The number of nitrogens with one attached hydrogen (secondary N) is 1. The number of nitrogens with zero attached hydrogens (tertiary/aromatic N) is 2. The van der Waals surface area contributed by atoms with E-state index >= 15 is 0 Å². The quantitative estimate of drug-likeness (QED) is 0.844. The summed E-state index contributed by atoms with van der Waals surface area (Å²) in [5.41, 5.74) is 1.20. The van der Waals surface area contributed by atoms with Crippen LogP contribution in [0.15, 0.2) is 5.38 Å². The second-order valence-electron chi connectivity index (χ2n) is 5.45. The number of aryl methyl sites for hydroxylation is 1. The fraction of sp³-hybridized carbons (Fsp3) is 0.538. The van der Waals surface area contributed by atoms with Gasteiger partial charge in [0.25, 0.3) is 0 Å². The molecule has 8 heteroatoms. The van der Waals surface area contributed by atoms with Crippen molar-refractivity contribution in [2.45, 2.75) is 27.2 Å². The lowest BCUT2D eigenvalue weighted by Gasteiger charge is -2.10. The van der Waals surface area contributed by atoms with Gasteiger partial charge in [-0.2, -0.15) is 0 Å². The Morgan fingerprint density at radius 2 is 2.10 bits per heavy atom. The van der Waals surface area contributed by atoms with Crippen LogP contribution in [0.2, 0.25) is 0 Å². The summed E-state index contributed by atoms with van der Waals surface area (Å²) in [7, 11) is -3.48. The molecule has 2 heterocycles. The third kappa shape index (κ3) is 4.36. The predicted octanol–water partition coefficient (Wildman–Crippen LogP) is 1.90. The average Bonchev–Trinajstić information content (AvgIpc) is 2.69. The van der Waals surface area contributed by atoms with Crippen LogP contribution in [0.4, 0.5) is 5.82 Å². The summed E-state index contributed by atoms with van der Waals surface area (Å²) in [6, 6.07) is 0. The molecule has 0 aliphatic rings. The van der Waals surface area contributed by atoms with E-state index in [4.69, 9.17) is 5.14 Å². The van der Waals surface area contributed by atoms with Gasteiger partial charge >= 0.3 is 0 Å². The molecule has 2 aromatic rings. The van der Waals surface area contributed by atoms with E-state index in [0.717, 1.165) is 16.6 Å². The topological polar surface area (TPSA) is 98.0 Å². The van der Waals surface area contributed by atoms with Crippen LogP contribution in [0.3, 0.4) is 0 Å². The lowest BCUT2D eigenvalue weighted by Crippen LogP contribution is -2.22. The first-order valence-corrected chi connectivity index (χ1v) is 9.35. The monoisotopic (exact) mass is 328 g/mol. The smallest absolute Gasteiger partial charge is 0.210 e. The Morgan fingerprint density at radius 3 is 2.71 bits per heavy atom. The van der Waals surface area contributed by atoms with Gasteiger partial charge in [0.1, 0.15) is 16.5 Å². The molecule has 2 aromatic heterocycles. The highest BCUT2D eigenvalue weighted by Crippen LogP contribution is 2.31. The summed E-state index contributed by atoms with van der Waals surface area (Å²) in [5, 5.41) is 11.2. The van der Waals surface area contributed by atoms with E-state index < -0.39 is 10.0 Å².